The first kappa shape index (κ1) is 14.6. The van der Waals surface area contributed by atoms with E-state index in [9.17, 15) is 0 Å². The molecule has 106 valence electrons. The molecule has 1 aliphatic rings. The van der Waals surface area contributed by atoms with Gasteiger partial charge in [0, 0.05) is 45.1 Å². The van der Waals surface area contributed by atoms with Crippen LogP contribution in [0.25, 0.3) is 0 Å². The van der Waals surface area contributed by atoms with Gasteiger partial charge in [-0.25, -0.2) is 4.98 Å². The number of likely N-dealkylation sites (N-methyl/N-ethyl adjacent to an activating group) is 1. The Kier molecular flexibility index (Phi) is 5.02. The molecule has 1 aromatic heterocycles. The summed E-state index contributed by atoms with van der Waals surface area (Å²) in [5, 5.41) is 0.540. The third-order valence-corrected chi connectivity index (χ3v) is 3.60. The second-order valence-corrected chi connectivity index (χ2v) is 5.66. The molecule has 1 aromatic rings. The lowest BCUT2D eigenvalue weighted by molar-refractivity contribution is -0.0670. The SMILES string of the molecule is C[C@@H]1CN(CCN(C)c2ccnc(Cl)c2)C[C@H](C)O1. The molecule has 0 amide bonds. The molecule has 0 radical (unpaired) electrons. The van der Waals surface area contributed by atoms with E-state index in [0.717, 1.165) is 31.9 Å². The smallest absolute Gasteiger partial charge is 0.131 e. The molecule has 0 spiro atoms. The van der Waals surface area contributed by atoms with Gasteiger partial charge in [0.1, 0.15) is 5.15 Å². The van der Waals surface area contributed by atoms with E-state index in [1.165, 1.54) is 0 Å². The van der Waals surface area contributed by atoms with Crippen molar-refractivity contribution in [3.8, 4) is 0 Å². The molecule has 0 bridgehead atoms. The Morgan fingerprint density at radius 2 is 2.11 bits per heavy atom. The van der Waals surface area contributed by atoms with Crippen molar-refractivity contribution in [1.29, 1.82) is 0 Å². The minimum atomic E-state index is 0.324. The molecule has 5 heteroatoms. The van der Waals surface area contributed by atoms with Crippen molar-refractivity contribution in [2.45, 2.75) is 26.1 Å². The lowest BCUT2D eigenvalue weighted by Gasteiger charge is -2.36. The van der Waals surface area contributed by atoms with Gasteiger partial charge >= 0.3 is 0 Å². The summed E-state index contributed by atoms with van der Waals surface area (Å²) in [6.07, 6.45) is 2.39. The molecule has 0 unspecified atom stereocenters. The van der Waals surface area contributed by atoms with Crippen molar-refractivity contribution in [3.63, 3.8) is 0 Å². The van der Waals surface area contributed by atoms with Crippen molar-refractivity contribution in [3.05, 3.63) is 23.5 Å². The van der Waals surface area contributed by atoms with E-state index in [1.807, 2.05) is 12.1 Å². The molecule has 2 atom stereocenters. The second kappa shape index (κ2) is 6.55. The molecule has 1 fully saturated rings. The third-order valence-electron chi connectivity index (χ3n) is 3.40. The molecule has 1 aliphatic heterocycles. The van der Waals surface area contributed by atoms with E-state index < -0.39 is 0 Å². The summed E-state index contributed by atoms with van der Waals surface area (Å²) in [6.45, 7) is 8.29. The van der Waals surface area contributed by atoms with Crippen LogP contribution in [0.2, 0.25) is 5.15 Å². The lowest BCUT2D eigenvalue weighted by atomic mass is 10.2. The Labute approximate surface area is 120 Å². The number of anilines is 1. The summed E-state index contributed by atoms with van der Waals surface area (Å²) >= 11 is 5.91. The molecule has 19 heavy (non-hydrogen) atoms. The number of rotatable bonds is 4. The van der Waals surface area contributed by atoms with E-state index in [-0.39, 0.29) is 0 Å². The largest absolute Gasteiger partial charge is 0.373 e. The van der Waals surface area contributed by atoms with Crippen LogP contribution >= 0.6 is 11.6 Å². The van der Waals surface area contributed by atoms with Crippen molar-refractivity contribution >= 4 is 17.3 Å². The fraction of sp³-hybridized carbons (Fsp3) is 0.643. The summed E-state index contributed by atoms with van der Waals surface area (Å²) in [5.41, 5.74) is 1.11. The fourth-order valence-corrected chi connectivity index (χ4v) is 2.69. The number of ether oxygens (including phenoxy) is 1. The molecule has 0 N–H and O–H groups in total. The van der Waals surface area contributed by atoms with E-state index in [2.05, 4.69) is 35.7 Å². The Morgan fingerprint density at radius 3 is 2.74 bits per heavy atom. The minimum absolute atomic E-state index is 0.324. The van der Waals surface area contributed by atoms with Gasteiger partial charge in [-0.1, -0.05) is 11.6 Å². The van der Waals surface area contributed by atoms with Crippen molar-refractivity contribution in [1.82, 2.24) is 9.88 Å². The monoisotopic (exact) mass is 283 g/mol. The maximum Gasteiger partial charge on any atom is 0.131 e. The molecule has 4 nitrogen and oxygen atoms in total. The zero-order valence-electron chi connectivity index (χ0n) is 11.8. The van der Waals surface area contributed by atoms with Crippen LogP contribution in [0.3, 0.4) is 0 Å². The first-order valence-electron chi connectivity index (χ1n) is 6.75. The van der Waals surface area contributed by atoms with Crippen LogP contribution in [0.4, 0.5) is 5.69 Å². The normalized spacial score (nSPS) is 24.4. The van der Waals surface area contributed by atoms with Crippen LogP contribution in [0.5, 0.6) is 0 Å². The molecular formula is C14H22ClN3O. The van der Waals surface area contributed by atoms with Gasteiger partial charge in [0.15, 0.2) is 0 Å². The summed E-state index contributed by atoms with van der Waals surface area (Å²) < 4.78 is 5.74. The van der Waals surface area contributed by atoms with Crippen LogP contribution in [-0.4, -0.2) is 55.3 Å². The lowest BCUT2D eigenvalue weighted by Crippen LogP contribution is -2.47. The molecule has 0 saturated carbocycles. The van der Waals surface area contributed by atoms with Crippen molar-refractivity contribution < 1.29 is 4.74 Å². The summed E-state index contributed by atoms with van der Waals surface area (Å²) in [7, 11) is 2.08. The molecule has 0 aromatic carbocycles. The highest BCUT2D eigenvalue weighted by molar-refractivity contribution is 6.29. The van der Waals surface area contributed by atoms with E-state index in [1.54, 1.807) is 6.20 Å². The number of hydrogen-bond donors (Lipinski definition) is 0. The first-order valence-corrected chi connectivity index (χ1v) is 7.13. The highest BCUT2D eigenvalue weighted by Gasteiger charge is 2.21. The number of pyridine rings is 1. The van der Waals surface area contributed by atoms with Gasteiger partial charge in [0.25, 0.3) is 0 Å². The topological polar surface area (TPSA) is 28.6 Å². The standard InChI is InChI=1S/C14H22ClN3O/c1-11-9-18(10-12(2)19-11)7-6-17(3)13-4-5-16-14(15)8-13/h4-5,8,11-12H,6-7,9-10H2,1-3H3/t11-,12+. The molecule has 2 heterocycles. The quantitative estimate of drug-likeness (QED) is 0.793. The Balaban J connectivity index is 1.84. The molecule has 2 rings (SSSR count). The van der Waals surface area contributed by atoms with Gasteiger partial charge in [-0.3, -0.25) is 4.90 Å². The van der Waals surface area contributed by atoms with Gasteiger partial charge in [-0.05, 0) is 26.0 Å². The van der Waals surface area contributed by atoms with Gasteiger partial charge in [-0.2, -0.15) is 0 Å². The average molecular weight is 284 g/mol. The van der Waals surface area contributed by atoms with Crippen LogP contribution in [0.15, 0.2) is 18.3 Å². The van der Waals surface area contributed by atoms with E-state index in [0.29, 0.717) is 17.4 Å². The predicted octanol–water partition coefficient (Wildman–Crippen LogP) is 2.28. The highest BCUT2D eigenvalue weighted by Crippen LogP contribution is 2.16. The van der Waals surface area contributed by atoms with E-state index in [4.69, 9.17) is 16.3 Å². The number of hydrogen-bond acceptors (Lipinski definition) is 4. The fourth-order valence-electron chi connectivity index (χ4n) is 2.52. The van der Waals surface area contributed by atoms with Gasteiger partial charge in [-0.15, -0.1) is 0 Å². The number of halogens is 1. The summed E-state index contributed by atoms with van der Waals surface area (Å²) in [5.74, 6) is 0. The number of morpholine rings is 1. The average Bonchev–Trinajstić information content (AvgIpc) is 2.35. The van der Waals surface area contributed by atoms with Crippen LogP contribution in [-0.2, 0) is 4.74 Å². The zero-order valence-corrected chi connectivity index (χ0v) is 12.6. The van der Waals surface area contributed by atoms with Crippen LogP contribution in [0.1, 0.15) is 13.8 Å². The maximum absolute atomic E-state index is 5.91. The number of nitrogens with zero attached hydrogens (tertiary/aromatic N) is 3. The van der Waals surface area contributed by atoms with Gasteiger partial charge < -0.3 is 9.64 Å². The number of aromatic nitrogens is 1. The third kappa shape index (κ3) is 4.34. The summed E-state index contributed by atoms with van der Waals surface area (Å²) in [4.78, 5) is 8.67. The Hall–Kier alpha value is -0.840. The molecular weight excluding hydrogens is 262 g/mol. The highest BCUT2D eigenvalue weighted by atomic mass is 35.5. The first-order chi connectivity index (χ1) is 9.04. The van der Waals surface area contributed by atoms with Gasteiger partial charge in [0.05, 0.1) is 12.2 Å². The zero-order chi connectivity index (χ0) is 13.8. The van der Waals surface area contributed by atoms with Crippen LogP contribution < -0.4 is 4.90 Å². The van der Waals surface area contributed by atoms with Crippen molar-refractivity contribution in [2.75, 3.05) is 38.1 Å². The predicted molar refractivity (Wildman–Crippen MR) is 79.0 cm³/mol. The maximum atomic E-state index is 5.91. The molecule has 0 aliphatic carbocycles. The Bertz CT molecular complexity index is 405. The second-order valence-electron chi connectivity index (χ2n) is 5.28. The Morgan fingerprint density at radius 1 is 1.42 bits per heavy atom. The molecule has 1 saturated heterocycles. The van der Waals surface area contributed by atoms with Crippen LogP contribution in [0, 0.1) is 0 Å². The van der Waals surface area contributed by atoms with E-state index >= 15 is 0 Å². The van der Waals surface area contributed by atoms with Gasteiger partial charge in [0.2, 0.25) is 0 Å². The van der Waals surface area contributed by atoms with Crippen molar-refractivity contribution in [2.24, 2.45) is 0 Å². The summed E-state index contributed by atoms with van der Waals surface area (Å²) in [6, 6.07) is 3.88. The minimum Gasteiger partial charge on any atom is -0.373 e.